The lowest BCUT2D eigenvalue weighted by molar-refractivity contribution is 0.0711. The molecule has 4 atom stereocenters. The lowest BCUT2D eigenvalue weighted by Gasteiger charge is -2.52. The van der Waals surface area contributed by atoms with Crippen molar-refractivity contribution in [1.29, 1.82) is 0 Å². The third-order valence-corrected chi connectivity index (χ3v) is 6.53. The van der Waals surface area contributed by atoms with Gasteiger partial charge in [-0.05, 0) is 67.1 Å². The van der Waals surface area contributed by atoms with Crippen LogP contribution in [0.15, 0.2) is 24.3 Å². The number of hydrogen-bond acceptors (Lipinski definition) is 0. The predicted molar refractivity (Wildman–Crippen MR) is 83.0 cm³/mol. The fraction of sp³-hybridized carbons (Fsp3) is 0.789. The molecule has 0 unspecified atom stereocenters. The van der Waals surface area contributed by atoms with Crippen molar-refractivity contribution in [3.05, 3.63) is 24.3 Å². The second-order valence-corrected chi connectivity index (χ2v) is 8.30. The van der Waals surface area contributed by atoms with Crippen LogP contribution in [0.4, 0.5) is 0 Å². The third-order valence-electron chi connectivity index (χ3n) is 6.53. The van der Waals surface area contributed by atoms with E-state index in [2.05, 4.69) is 39.5 Å². The second kappa shape index (κ2) is 4.50. The molecular formula is C19H30. The van der Waals surface area contributed by atoms with E-state index in [1.54, 1.807) is 0 Å². The molecule has 106 valence electrons. The van der Waals surface area contributed by atoms with Gasteiger partial charge >= 0.3 is 0 Å². The van der Waals surface area contributed by atoms with Gasteiger partial charge in [-0.1, -0.05) is 44.9 Å². The maximum absolute atomic E-state index is 4.08. The van der Waals surface area contributed by atoms with Gasteiger partial charge in [0.25, 0.3) is 0 Å². The lowest BCUT2D eigenvalue weighted by atomic mass is 9.53. The van der Waals surface area contributed by atoms with E-state index in [1.807, 2.05) is 5.57 Å². The Morgan fingerprint density at radius 1 is 1.21 bits per heavy atom. The van der Waals surface area contributed by atoms with E-state index < -0.39 is 0 Å². The van der Waals surface area contributed by atoms with E-state index in [0.29, 0.717) is 10.8 Å². The standard InChI is InChI=1S/C19H30/c1-5-19(4)12-10-15-14(13-19)8-9-17-16(15)7-6-11-18(17,2)3/h5,9,14-16H,1,6-8,10-13H2,2-4H3/t14-,15-,16+,19-/m0/s1. The van der Waals surface area contributed by atoms with Gasteiger partial charge in [0.1, 0.15) is 0 Å². The van der Waals surface area contributed by atoms with Crippen molar-refractivity contribution < 1.29 is 0 Å². The average molecular weight is 258 g/mol. The van der Waals surface area contributed by atoms with Crippen molar-refractivity contribution in [3.8, 4) is 0 Å². The van der Waals surface area contributed by atoms with Crippen LogP contribution in [0.2, 0.25) is 0 Å². The van der Waals surface area contributed by atoms with Crippen molar-refractivity contribution in [1.82, 2.24) is 0 Å². The van der Waals surface area contributed by atoms with Crippen LogP contribution >= 0.6 is 0 Å². The summed E-state index contributed by atoms with van der Waals surface area (Å²) in [6.45, 7) is 11.4. The van der Waals surface area contributed by atoms with Gasteiger partial charge < -0.3 is 0 Å². The van der Waals surface area contributed by atoms with E-state index in [1.165, 1.54) is 44.9 Å². The largest absolute Gasteiger partial charge is 0.103 e. The number of rotatable bonds is 1. The molecule has 0 saturated heterocycles. The molecule has 0 heterocycles. The summed E-state index contributed by atoms with van der Waals surface area (Å²) >= 11 is 0. The quantitative estimate of drug-likeness (QED) is 0.525. The maximum atomic E-state index is 4.08. The SMILES string of the molecule is C=C[C@@]1(C)CC[C@H]2[C@@H](CC=C3[C@@H]2CCCC3(C)C)C1. The predicted octanol–water partition coefficient (Wildman–Crippen LogP) is 5.75. The molecule has 0 N–H and O–H groups in total. The number of hydrogen-bond donors (Lipinski definition) is 0. The van der Waals surface area contributed by atoms with Gasteiger partial charge in [-0.15, -0.1) is 6.58 Å². The van der Waals surface area contributed by atoms with Gasteiger partial charge in [-0.3, -0.25) is 0 Å². The van der Waals surface area contributed by atoms with Crippen LogP contribution < -0.4 is 0 Å². The van der Waals surface area contributed by atoms with Crippen LogP contribution in [-0.4, -0.2) is 0 Å². The summed E-state index contributed by atoms with van der Waals surface area (Å²) in [7, 11) is 0. The highest BCUT2D eigenvalue weighted by atomic mass is 14.5. The molecule has 0 nitrogen and oxygen atoms in total. The van der Waals surface area contributed by atoms with Crippen LogP contribution in [0.3, 0.4) is 0 Å². The molecule has 3 aliphatic rings. The fourth-order valence-corrected chi connectivity index (χ4v) is 5.27. The molecule has 0 radical (unpaired) electrons. The van der Waals surface area contributed by atoms with Crippen LogP contribution in [0.25, 0.3) is 0 Å². The summed E-state index contributed by atoms with van der Waals surface area (Å²) in [6.07, 6.45) is 14.7. The fourth-order valence-electron chi connectivity index (χ4n) is 5.27. The number of fused-ring (bicyclic) bond motifs is 3. The Morgan fingerprint density at radius 2 is 2.00 bits per heavy atom. The first-order chi connectivity index (χ1) is 8.95. The Morgan fingerprint density at radius 3 is 2.74 bits per heavy atom. The van der Waals surface area contributed by atoms with Crippen LogP contribution in [-0.2, 0) is 0 Å². The molecule has 3 rings (SSSR count). The second-order valence-electron chi connectivity index (χ2n) is 8.30. The summed E-state index contributed by atoms with van der Waals surface area (Å²) in [5.74, 6) is 2.82. The van der Waals surface area contributed by atoms with Crippen molar-refractivity contribution >= 4 is 0 Å². The van der Waals surface area contributed by atoms with Crippen LogP contribution in [0.1, 0.15) is 65.7 Å². The molecule has 0 aromatic carbocycles. The highest BCUT2D eigenvalue weighted by Gasteiger charge is 2.46. The smallest absolute Gasteiger partial charge is 0.0142 e. The monoisotopic (exact) mass is 258 g/mol. The third kappa shape index (κ3) is 2.22. The Labute approximate surface area is 119 Å². The van der Waals surface area contributed by atoms with Gasteiger partial charge in [-0.2, -0.15) is 0 Å². The molecule has 3 aliphatic carbocycles. The zero-order chi connectivity index (χ0) is 13.7. The summed E-state index contributed by atoms with van der Waals surface area (Å²) in [4.78, 5) is 0. The zero-order valence-electron chi connectivity index (χ0n) is 13.0. The molecule has 2 fully saturated rings. The summed E-state index contributed by atoms with van der Waals surface area (Å²) in [5.41, 5.74) is 2.71. The van der Waals surface area contributed by atoms with E-state index in [9.17, 15) is 0 Å². The average Bonchev–Trinajstić information content (AvgIpc) is 2.37. The van der Waals surface area contributed by atoms with Gasteiger partial charge in [0.15, 0.2) is 0 Å². The Bertz CT molecular complexity index is 400. The molecule has 2 saturated carbocycles. The van der Waals surface area contributed by atoms with Crippen molar-refractivity contribution in [2.24, 2.45) is 28.6 Å². The van der Waals surface area contributed by atoms with Crippen molar-refractivity contribution in [2.45, 2.75) is 65.7 Å². The minimum absolute atomic E-state index is 0.413. The highest BCUT2D eigenvalue weighted by molar-refractivity contribution is 5.23. The number of allylic oxidation sites excluding steroid dienone is 3. The van der Waals surface area contributed by atoms with Crippen LogP contribution in [0.5, 0.6) is 0 Å². The first-order valence-corrected chi connectivity index (χ1v) is 8.29. The zero-order valence-corrected chi connectivity index (χ0v) is 13.0. The molecule has 0 aromatic heterocycles. The molecule has 0 aromatic rings. The van der Waals surface area contributed by atoms with Gasteiger partial charge in [0.2, 0.25) is 0 Å². The topological polar surface area (TPSA) is 0 Å². The Balaban J connectivity index is 1.86. The molecule has 0 aliphatic heterocycles. The first kappa shape index (κ1) is 13.5. The summed E-state index contributed by atoms with van der Waals surface area (Å²) in [5, 5.41) is 0. The first-order valence-electron chi connectivity index (χ1n) is 8.29. The summed E-state index contributed by atoms with van der Waals surface area (Å²) in [6, 6.07) is 0. The molecule has 19 heavy (non-hydrogen) atoms. The van der Waals surface area contributed by atoms with Gasteiger partial charge in [0, 0.05) is 0 Å². The molecule has 0 spiro atoms. The van der Waals surface area contributed by atoms with E-state index in [-0.39, 0.29) is 0 Å². The molecule has 0 heteroatoms. The maximum Gasteiger partial charge on any atom is -0.0142 e. The Kier molecular flexibility index (Phi) is 3.19. The molecular weight excluding hydrogens is 228 g/mol. The van der Waals surface area contributed by atoms with Crippen molar-refractivity contribution in [3.63, 3.8) is 0 Å². The van der Waals surface area contributed by atoms with Crippen molar-refractivity contribution in [2.75, 3.05) is 0 Å². The van der Waals surface area contributed by atoms with E-state index in [4.69, 9.17) is 0 Å². The normalized spacial score (nSPS) is 44.8. The van der Waals surface area contributed by atoms with E-state index in [0.717, 1.165) is 17.8 Å². The van der Waals surface area contributed by atoms with Crippen LogP contribution in [0, 0.1) is 28.6 Å². The lowest BCUT2D eigenvalue weighted by Crippen LogP contribution is -2.41. The molecule has 0 bridgehead atoms. The minimum Gasteiger partial charge on any atom is -0.103 e. The van der Waals surface area contributed by atoms with E-state index >= 15 is 0 Å². The minimum atomic E-state index is 0.413. The van der Waals surface area contributed by atoms with Gasteiger partial charge in [-0.25, -0.2) is 0 Å². The highest BCUT2D eigenvalue weighted by Crippen LogP contribution is 2.56. The summed E-state index contributed by atoms with van der Waals surface area (Å²) < 4.78 is 0. The van der Waals surface area contributed by atoms with Gasteiger partial charge in [0.05, 0.1) is 0 Å². The Hall–Kier alpha value is -0.520. The molecule has 0 amide bonds.